The fourth-order valence-corrected chi connectivity index (χ4v) is 3.15. The summed E-state index contributed by atoms with van der Waals surface area (Å²) in [7, 11) is 0. The summed E-state index contributed by atoms with van der Waals surface area (Å²) in [4.78, 5) is 4.63. The zero-order chi connectivity index (χ0) is 10.9. The molecular weight excluding hydrogens is 204 g/mol. The number of nitriles is 1. The topological polar surface area (TPSA) is 36.7 Å². The molecule has 0 amide bonds. The molecule has 1 aliphatic rings. The predicted molar refractivity (Wildman–Crippen MR) is 62.0 cm³/mol. The van der Waals surface area contributed by atoms with Gasteiger partial charge >= 0.3 is 0 Å². The van der Waals surface area contributed by atoms with Crippen LogP contribution in [-0.2, 0) is 5.41 Å². The highest BCUT2D eigenvalue weighted by molar-refractivity contribution is 7.09. The lowest BCUT2D eigenvalue weighted by atomic mass is 9.92. The summed E-state index contributed by atoms with van der Waals surface area (Å²) in [6.07, 6.45) is 5.22. The van der Waals surface area contributed by atoms with E-state index in [0.717, 1.165) is 5.69 Å². The van der Waals surface area contributed by atoms with E-state index < -0.39 is 5.41 Å². The fourth-order valence-electron chi connectivity index (χ4n) is 1.99. The first-order valence-corrected chi connectivity index (χ1v) is 6.38. The van der Waals surface area contributed by atoms with Gasteiger partial charge in [-0.3, -0.25) is 0 Å². The molecule has 0 spiro atoms. The second-order valence-corrected chi connectivity index (χ2v) is 5.68. The minimum absolute atomic E-state index is 0.437. The van der Waals surface area contributed by atoms with Crippen molar-refractivity contribution in [3.05, 3.63) is 16.1 Å². The Bertz CT molecular complexity index is 381. The zero-order valence-corrected chi connectivity index (χ0v) is 10.1. The van der Waals surface area contributed by atoms with Crippen LogP contribution in [0.25, 0.3) is 0 Å². The lowest BCUT2D eigenvalue weighted by Crippen LogP contribution is -2.14. The van der Waals surface area contributed by atoms with Crippen LogP contribution in [0, 0.1) is 11.3 Å². The van der Waals surface area contributed by atoms with Gasteiger partial charge in [0, 0.05) is 11.3 Å². The van der Waals surface area contributed by atoms with Crippen molar-refractivity contribution in [3.8, 4) is 6.07 Å². The maximum atomic E-state index is 9.04. The molecule has 0 atom stereocenters. The smallest absolute Gasteiger partial charge is 0.0959 e. The first kappa shape index (κ1) is 10.6. The first-order chi connectivity index (χ1) is 7.13. The van der Waals surface area contributed by atoms with E-state index in [1.807, 2.05) is 13.8 Å². The average molecular weight is 220 g/mol. The minimum Gasteiger partial charge on any atom is -0.244 e. The molecule has 1 aromatic heterocycles. The summed E-state index contributed by atoms with van der Waals surface area (Å²) in [6.45, 7) is 3.86. The summed E-state index contributed by atoms with van der Waals surface area (Å²) in [5.74, 6) is 0.665. The summed E-state index contributed by atoms with van der Waals surface area (Å²) >= 11 is 1.73. The summed E-state index contributed by atoms with van der Waals surface area (Å²) in [6, 6.07) is 2.31. The number of hydrogen-bond donors (Lipinski definition) is 0. The maximum absolute atomic E-state index is 9.04. The SMILES string of the molecule is CC(C)(C#N)c1csc(C2CCCC2)n1. The minimum atomic E-state index is -0.437. The van der Waals surface area contributed by atoms with Gasteiger partial charge in [-0.15, -0.1) is 11.3 Å². The van der Waals surface area contributed by atoms with Gasteiger partial charge in [-0.25, -0.2) is 4.98 Å². The molecule has 3 heteroatoms. The monoisotopic (exact) mass is 220 g/mol. The summed E-state index contributed by atoms with van der Waals surface area (Å²) in [5.41, 5.74) is 0.504. The summed E-state index contributed by atoms with van der Waals surface area (Å²) in [5, 5.41) is 12.3. The highest BCUT2D eigenvalue weighted by Crippen LogP contribution is 2.37. The molecule has 0 saturated heterocycles. The predicted octanol–water partition coefficient (Wildman–Crippen LogP) is 3.60. The van der Waals surface area contributed by atoms with Gasteiger partial charge in [0.05, 0.1) is 22.2 Å². The van der Waals surface area contributed by atoms with Crippen LogP contribution >= 0.6 is 11.3 Å². The fraction of sp³-hybridized carbons (Fsp3) is 0.667. The average Bonchev–Trinajstić information content (AvgIpc) is 2.88. The van der Waals surface area contributed by atoms with Crippen molar-refractivity contribution in [3.63, 3.8) is 0 Å². The standard InChI is InChI=1S/C12H16N2S/c1-12(2,8-13)10-7-15-11(14-10)9-5-3-4-6-9/h7,9H,3-6H2,1-2H3. The highest BCUT2D eigenvalue weighted by atomic mass is 32.1. The molecular formula is C12H16N2S. The molecule has 15 heavy (non-hydrogen) atoms. The highest BCUT2D eigenvalue weighted by Gasteiger charge is 2.26. The Labute approximate surface area is 95.0 Å². The van der Waals surface area contributed by atoms with Crippen LogP contribution in [0.5, 0.6) is 0 Å². The van der Waals surface area contributed by atoms with E-state index in [9.17, 15) is 0 Å². The van der Waals surface area contributed by atoms with Crippen molar-refractivity contribution in [2.45, 2.75) is 50.9 Å². The molecule has 0 N–H and O–H groups in total. The van der Waals surface area contributed by atoms with Gasteiger partial charge in [0.15, 0.2) is 0 Å². The van der Waals surface area contributed by atoms with Gasteiger partial charge < -0.3 is 0 Å². The Kier molecular flexibility index (Phi) is 2.79. The molecule has 1 aliphatic carbocycles. The second kappa shape index (κ2) is 3.94. The van der Waals surface area contributed by atoms with E-state index >= 15 is 0 Å². The Morgan fingerprint density at radius 2 is 2.13 bits per heavy atom. The summed E-state index contributed by atoms with van der Waals surface area (Å²) < 4.78 is 0. The number of thiazole rings is 1. The van der Waals surface area contributed by atoms with Gasteiger partial charge in [-0.05, 0) is 26.7 Å². The molecule has 1 saturated carbocycles. The molecule has 1 fully saturated rings. The van der Waals surface area contributed by atoms with E-state index in [1.54, 1.807) is 11.3 Å². The van der Waals surface area contributed by atoms with Crippen molar-refractivity contribution in [1.82, 2.24) is 4.98 Å². The van der Waals surface area contributed by atoms with Crippen molar-refractivity contribution < 1.29 is 0 Å². The molecule has 0 aliphatic heterocycles. The molecule has 0 unspecified atom stereocenters. The van der Waals surface area contributed by atoms with Gasteiger partial charge in [0.2, 0.25) is 0 Å². The lowest BCUT2D eigenvalue weighted by Gasteiger charge is -2.11. The third-order valence-corrected chi connectivity index (χ3v) is 4.15. The van der Waals surface area contributed by atoms with Gasteiger partial charge in [-0.2, -0.15) is 5.26 Å². The molecule has 80 valence electrons. The van der Waals surface area contributed by atoms with Crippen LogP contribution < -0.4 is 0 Å². The third-order valence-electron chi connectivity index (χ3n) is 3.15. The van der Waals surface area contributed by atoms with Crippen molar-refractivity contribution in [1.29, 1.82) is 5.26 Å². The van der Waals surface area contributed by atoms with Crippen LogP contribution in [-0.4, -0.2) is 4.98 Å². The van der Waals surface area contributed by atoms with Crippen LogP contribution in [0.3, 0.4) is 0 Å². The Morgan fingerprint density at radius 3 is 2.73 bits per heavy atom. The lowest BCUT2D eigenvalue weighted by molar-refractivity contribution is 0.647. The van der Waals surface area contributed by atoms with E-state index in [-0.39, 0.29) is 0 Å². The third kappa shape index (κ3) is 2.05. The van der Waals surface area contributed by atoms with Gasteiger partial charge in [0.1, 0.15) is 0 Å². The van der Waals surface area contributed by atoms with E-state index in [4.69, 9.17) is 5.26 Å². The van der Waals surface area contributed by atoms with Gasteiger partial charge in [0.25, 0.3) is 0 Å². The van der Waals surface area contributed by atoms with Crippen molar-refractivity contribution in [2.75, 3.05) is 0 Å². The quantitative estimate of drug-likeness (QED) is 0.763. The molecule has 0 aromatic carbocycles. The first-order valence-electron chi connectivity index (χ1n) is 5.50. The van der Waals surface area contributed by atoms with Crippen LogP contribution in [0.2, 0.25) is 0 Å². The van der Waals surface area contributed by atoms with E-state index in [1.165, 1.54) is 30.7 Å². The zero-order valence-electron chi connectivity index (χ0n) is 9.29. The van der Waals surface area contributed by atoms with Crippen LogP contribution in [0.15, 0.2) is 5.38 Å². The number of aromatic nitrogens is 1. The van der Waals surface area contributed by atoms with Crippen LogP contribution in [0.4, 0.5) is 0 Å². The molecule has 0 bridgehead atoms. The molecule has 2 rings (SSSR count). The maximum Gasteiger partial charge on any atom is 0.0959 e. The number of rotatable bonds is 2. The Morgan fingerprint density at radius 1 is 1.47 bits per heavy atom. The van der Waals surface area contributed by atoms with Gasteiger partial charge in [-0.1, -0.05) is 12.8 Å². The number of nitrogens with zero attached hydrogens (tertiary/aromatic N) is 2. The number of hydrogen-bond acceptors (Lipinski definition) is 3. The molecule has 0 radical (unpaired) electrons. The second-order valence-electron chi connectivity index (χ2n) is 4.79. The van der Waals surface area contributed by atoms with E-state index in [2.05, 4.69) is 16.4 Å². The molecule has 1 heterocycles. The molecule has 1 aromatic rings. The Balaban J connectivity index is 2.21. The van der Waals surface area contributed by atoms with E-state index in [0.29, 0.717) is 5.92 Å². The largest absolute Gasteiger partial charge is 0.244 e. The molecule has 2 nitrogen and oxygen atoms in total. The van der Waals surface area contributed by atoms with Crippen molar-refractivity contribution in [2.24, 2.45) is 0 Å². The van der Waals surface area contributed by atoms with Crippen LogP contribution in [0.1, 0.15) is 56.2 Å². The van der Waals surface area contributed by atoms with Crippen molar-refractivity contribution >= 4 is 11.3 Å². The normalized spacial score (nSPS) is 17.9. The Hall–Kier alpha value is -0.880.